The number of nitrogens with one attached hydrogen (secondary N) is 1. The van der Waals surface area contributed by atoms with Crippen molar-refractivity contribution in [1.82, 2.24) is 0 Å². The maximum absolute atomic E-state index is 5.27. The predicted octanol–water partition coefficient (Wildman–Crippen LogP) is -1.61. The van der Waals surface area contributed by atoms with Crippen molar-refractivity contribution in [3.05, 3.63) is 30.6 Å². The van der Waals surface area contributed by atoms with Gasteiger partial charge in [0.05, 0.1) is 0 Å². The van der Waals surface area contributed by atoms with Gasteiger partial charge >= 0.3 is 0 Å². The highest BCUT2D eigenvalue weighted by atomic mass is 35.5. The summed E-state index contributed by atoms with van der Waals surface area (Å²) in [5.41, 5.74) is 0. The molecule has 1 aromatic heterocycles. The Morgan fingerprint density at radius 2 is 1.79 bits per heavy atom. The summed E-state index contributed by atoms with van der Waals surface area (Å²) in [6.07, 6.45) is 3.84. The quantitative estimate of drug-likeness (QED) is 0.523. The van der Waals surface area contributed by atoms with E-state index in [9.17, 15) is 0 Å². The van der Waals surface area contributed by atoms with Crippen LogP contribution in [0.3, 0.4) is 0 Å². The molecule has 2 aromatic rings. The van der Waals surface area contributed by atoms with E-state index < -0.39 is 0 Å². The van der Waals surface area contributed by atoms with Gasteiger partial charge in [-0.3, -0.25) is 0 Å². The average molecular weight is 210 g/mol. The Bertz CT molecular complexity index is 430. The summed E-state index contributed by atoms with van der Waals surface area (Å²) in [5, 5.41) is 2.29. The fourth-order valence-corrected chi connectivity index (χ4v) is 1.52. The minimum absolute atomic E-state index is 0. The molecule has 0 bridgehead atoms. The van der Waals surface area contributed by atoms with Gasteiger partial charge in [-0.2, -0.15) is 0 Å². The lowest BCUT2D eigenvalue weighted by atomic mass is 10.1. The van der Waals surface area contributed by atoms with E-state index in [0.717, 1.165) is 22.3 Å². The third kappa shape index (κ3) is 1.26. The number of rotatable bonds is 0. The van der Waals surface area contributed by atoms with Gasteiger partial charge in [-0.15, -0.1) is 0 Å². The van der Waals surface area contributed by atoms with Gasteiger partial charge in [-0.05, 0) is 17.5 Å². The molecule has 0 aliphatic carbocycles. The van der Waals surface area contributed by atoms with E-state index >= 15 is 0 Å². The first-order chi connectivity index (χ1) is 6.43. The van der Waals surface area contributed by atoms with Gasteiger partial charge in [0.25, 0.3) is 0 Å². The second kappa shape index (κ2) is 3.35. The van der Waals surface area contributed by atoms with Crippen molar-refractivity contribution in [2.24, 2.45) is 0 Å². The Morgan fingerprint density at radius 3 is 2.57 bits per heavy atom. The van der Waals surface area contributed by atoms with Gasteiger partial charge < -0.3 is 21.9 Å². The molecular weight excluding hydrogens is 202 g/mol. The molecule has 0 atom stereocenters. The lowest BCUT2D eigenvalue weighted by molar-refractivity contribution is -0.375. The normalized spacial score (nSPS) is 12.6. The molecule has 1 N–H and O–H groups in total. The van der Waals surface area contributed by atoms with Crippen LogP contribution in [0.4, 0.5) is 0 Å². The van der Waals surface area contributed by atoms with Gasteiger partial charge in [0, 0.05) is 11.5 Å². The number of pyridine rings is 1. The summed E-state index contributed by atoms with van der Waals surface area (Å²) in [5.74, 6) is 1.66. The van der Waals surface area contributed by atoms with Gasteiger partial charge in [-0.1, -0.05) is 0 Å². The molecular formula is C10H8ClNO2. The summed E-state index contributed by atoms with van der Waals surface area (Å²) in [7, 11) is 0. The molecule has 14 heavy (non-hydrogen) atoms. The summed E-state index contributed by atoms with van der Waals surface area (Å²) in [6.45, 7) is 0.329. The van der Waals surface area contributed by atoms with Crippen LogP contribution < -0.4 is 26.9 Å². The maximum atomic E-state index is 5.27. The Labute approximate surface area is 87.1 Å². The van der Waals surface area contributed by atoms with Crippen LogP contribution >= 0.6 is 0 Å². The van der Waals surface area contributed by atoms with Crippen LogP contribution in [0.5, 0.6) is 11.5 Å². The van der Waals surface area contributed by atoms with Gasteiger partial charge in [0.2, 0.25) is 6.79 Å². The van der Waals surface area contributed by atoms with Crippen LogP contribution in [0, 0.1) is 0 Å². The van der Waals surface area contributed by atoms with Gasteiger partial charge in [0.1, 0.15) is 0 Å². The fourth-order valence-electron chi connectivity index (χ4n) is 1.52. The van der Waals surface area contributed by atoms with Crippen LogP contribution in [-0.2, 0) is 0 Å². The molecule has 2 heterocycles. The van der Waals surface area contributed by atoms with E-state index in [4.69, 9.17) is 9.47 Å². The van der Waals surface area contributed by atoms with Gasteiger partial charge in [-0.25, -0.2) is 4.98 Å². The lowest BCUT2D eigenvalue weighted by Crippen LogP contribution is -3.00. The topological polar surface area (TPSA) is 32.6 Å². The van der Waals surface area contributed by atoms with Crippen molar-refractivity contribution in [1.29, 1.82) is 0 Å². The van der Waals surface area contributed by atoms with E-state index in [1.165, 1.54) is 0 Å². The Kier molecular flexibility index (Phi) is 2.17. The Hall–Kier alpha value is -1.48. The third-order valence-corrected chi connectivity index (χ3v) is 2.18. The maximum Gasteiger partial charge on any atom is 0.231 e. The number of aromatic amines is 1. The van der Waals surface area contributed by atoms with Crippen molar-refractivity contribution >= 4 is 10.8 Å². The van der Waals surface area contributed by atoms with Gasteiger partial charge in [0.15, 0.2) is 23.9 Å². The van der Waals surface area contributed by atoms with Crippen LogP contribution in [-0.4, -0.2) is 6.79 Å². The largest absolute Gasteiger partial charge is 1.00 e. The molecule has 0 fully saturated rings. The van der Waals surface area contributed by atoms with E-state index in [0.29, 0.717) is 6.79 Å². The second-order valence-electron chi connectivity index (χ2n) is 2.98. The molecule has 4 heteroatoms. The zero-order valence-electron chi connectivity index (χ0n) is 7.29. The molecule has 72 valence electrons. The smallest absolute Gasteiger partial charge is 0.231 e. The Balaban J connectivity index is 0.000000750. The highest BCUT2D eigenvalue weighted by molar-refractivity contribution is 5.84. The number of aromatic nitrogens is 1. The number of hydrogen-bond donors (Lipinski definition) is 0. The van der Waals surface area contributed by atoms with Crippen molar-refractivity contribution in [2.45, 2.75) is 0 Å². The van der Waals surface area contributed by atoms with Crippen molar-refractivity contribution in [3.63, 3.8) is 0 Å². The molecule has 0 spiro atoms. The number of benzene rings is 1. The highest BCUT2D eigenvalue weighted by Gasteiger charge is 2.14. The van der Waals surface area contributed by atoms with Crippen molar-refractivity contribution in [2.75, 3.05) is 6.79 Å². The average Bonchev–Trinajstić information content (AvgIpc) is 2.61. The Morgan fingerprint density at radius 1 is 1.07 bits per heavy atom. The van der Waals surface area contributed by atoms with Crippen LogP contribution in [0.2, 0.25) is 0 Å². The summed E-state index contributed by atoms with van der Waals surface area (Å²) >= 11 is 0. The summed E-state index contributed by atoms with van der Waals surface area (Å²) in [4.78, 5) is 3.03. The number of hydrogen-bond acceptors (Lipinski definition) is 2. The zero-order valence-corrected chi connectivity index (χ0v) is 8.04. The van der Waals surface area contributed by atoms with Crippen molar-refractivity contribution in [3.8, 4) is 11.5 Å². The molecule has 1 aliphatic heterocycles. The van der Waals surface area contributed by atoms with E-state index in [2.05, 4.69) is 4.98 Å². The molecule has 0 radical (unpaired) electrons. The fraction of sp³-hybridized carbons (Fsp3) is 0.100. The molecule has 0 saturated carbocycles. The molecule has 3 rings (SSSR count). The molecule has 0 saturated heterocycles. The minimum atomic E-state index is 0. The number of fused-ring (bicyclic) bond motifs is 2. The summed E-state index contributed by atoms with van der Waals surface area (Å²) < 4.78 is 10.5. The predicted molar refractivity (Wildman–Crippen MR) is 46.6 cm³/mol. The van der Waals surface area contributed by atoms with E-state index in [1.807, 2.05) is 30.6 Å². The molecule has 1 aromatic carbocycles. The minimum Gasteiger partial charge on any atom is -1.00 e. The molecule has 0 amide bonds. The number of H-pyrrole nitrogens is 1. The first-order valence-electron chi connectivity index (χ1n) is 4.13. The third-order valence-electron chi connectivity index (χ3n) is 2.18. The van der Waals surface area contributed by atoms with E-state index in [-0.39, 0.29) is 12.4 Å². The van der Waals surface area contributed by atoms with Crippen LogP contribution in [0.15, 0.2) is 30.6 Å². The van der Waals surface area contributed by atoms with Crippen LogP contribution in [0.1, 0.15) is 0 Å². The lowest BCUT2D eigenvalue weighted by Gasteiger charge is -1.96. The van der Waals surface area contributed by atoms with E-state index in [1.54, 1.807) is 0 Å². The molecule has 3 nitrogen and oxygen atoms in total. The standard InChI is InChI=1S/C10H7NO2.ClH/c1-2-11-5-8-4-10-9(3-7(1)8)12-6-13-10;/h1-5H,6H2;1H. The highest BCUT2D eigenvalue weighted by Crippen LogP contribution is 2.35. The molecule has 0 unspecified atom stereocenters. The first-order valence-corrected chi connectivity index (χ1v) is 4.13. The van der Waals surface area contributed by atoms with Crippen LogP contribution in [0.25, 0.3) is 10.8 Å². The van der Waals surface area contributed by atoms with Crippen molar-refractivity contribution < 1.29 is 26.9 Å². The summed E-state index contributed by atoms with van der Waals surface area (Å²) in [6, 6.07) is 5.98. The monoisotopic (exact) mass is 209 g/mol. The first kappa shape index (κ1) is 9.09. The second-order valence-corrected chi connectivity index (χ2v) is 2.98. The number of halogens is 1. The zero-order chi connectivity index (χ0) is 8.67. The SMILES string of the molecule is [Cl-].c1cc2cc3c(cc2c[nH+]1)OCO3. The number of ether oxygens (including phenoxy) is 2. The molecule has 1 aliphatic rings.